The van der Waals surface area contributed by atoms with E-state index in [9.17, 15) is 0 Å². The molecule has 84 valence electrons. The van der Waals surface area contributed by atoms with Gasteiger partial charge in [0.25, 0.3) is 0 Å². The minimum absolute atomic E-state index is 0.525. The largest absolute Gasteiger partial charge is 0.378 e. The van der Waals surface area contributed by atoms with Crippen LogP contribution in [0.4, 0.5) is 0 Å². The van der Waals surface area contributed by atoms with Crippen molar-refractivity contribution in [1.29, 1.82) is 0 Å². The summed E-state index contributed by atoms with van der Waals surface area (Å²) in [5.74, 6) is 1.15. The van der Waals surface area contributed by atoms with Gasteiger partial charge < -0.3 is 4.74 Å². The summed E-state index contributed by atoms with van der Waals surface area (Å²) in [5.41, 5.74) is 2.32. The van der Waals surface area contributed by atoms with E-state index in [1.807, 2.05) is 0 Å². The molecule has 0 spiro atoms. The van der Waals surface area contributed by atoms with E-state index in [2.05, 4.69) is 13.8 Å². The predicted molar refractivity (Wildman–Crippen MR) is 59.6 cm³/mol. The van der Waals surface area contributed by atoms with E-state index in [1.54, 1.807) is 19.3 Å². The lowest BCUT2D eigenvalue weighted by Gasteiger charge is -2.85. The second-order valence-corrected chi connectivity index (χ2v) is 7.03. The molecule has 1 unspecified atom stereocenters. The average molecular weight is 206 g/mol. The second-order valence-electron chi connectivity index (χ2n) is 7.03. The van der Waals surface area contributed by atoms with E-state index in [1.165, 1.54) is 19.3 Å². The van der Waals surface area contributed by atoms with E-state index >= 15 is 0 Å². The first-order valence-corrected chi connectivity index (χ1v) is 6.75. The Labute approximate surface area is 92.6 Å². The number of hydrogen-bond donors (Lipinski definition) is 0. The smallest absolute Gasteiger partial charge is 0.0603 e. The van der Waals surface area contributed by atoms with Gasteiger partial charge in [-0.2, -0.15) is 0 Å². The molecule has 0 amide bonds. The van der Waals surface area contributed by atoms with Gasteiger partial charge in [0.2, 0.25) is 0 Å². The van der Waals surface area contributed by atoms with Crippen molar-refractivity contribution in [3.05, 3.63) is 0 Å². The zero-order valence-corrected chi connectivity index (χ0v) is 10.0. The summed E-state index contributed by atoms with van der Waals surface area (Å²) in [5, 5.41) is 0. The molecule has 6 aliphatic rings. The zero-order valence-electron chi connectivity index (χ0n) is 10.0. The Morgan fingerprint density at radius 1 is 1.13 bits per heavy atom. The Kier molecular flexibility index (Phi) is 1.38. The van der Waals surface area contributed by atoms with Gasteiger partial charge in [-0.15, -0.1) is 0 Å². The van der Waals surface area contributed by atoms with Crippen LogP contribution in [0.25, 0.3) is 0 Å². The third kappa shape index (κ3) is 0.769. The van der Waals surface area contributed by atoms with E-state index in [4.69, 9.17) is 4.74 Å². The Balaban J connectivity index is 1.45. The van der Waals surface area contributed by atoms with Gasteiger partial charge in [0.15, 0.2) is 0 Å². The molecule has 6 saturated carbocycles. The van der Waals surface area contributed by atoms with Gasteiger partial charge in [0, 0.05) is 6.61 Å². The molecular weight excluding hydrogens is 184 g/mol. The first-order chi connectivity index (χ1) is 7.14. The highest BCUT2D eigenvalue weighted by Gasteiger charge is 2.81. The van der Waals surface area contributed by atoms with Crippen molar-refractivity contribution in [1.82, 2.24) is 0 Å². The molecule has 0 aliphatic heterocycles. The highest BCUT2D eigenvalue weighted by molar-refractivity contribution is 5.30. The van der Waals surface area contributed by atoms with Crippen LogP contribution in [0.15, 0.2) is 0 Å². The molecule has 1 atom stereocenters. The fraction of sp³-hybridized carbons (Fsp3) is 1.00. The second kappa shape index (κ2) is 2.30. The fourth-order valence-electron chi connectivity index (χ4n) is 5.41. The van der Waals surface area contributed by atoms with Crippen LogP contribution >= 0.6 is 0 Å². The first kappa shape index (κ1) is 9.04. The number of rotatable bonds is 4. The van der Waals surface area contributed by atoms with E-state index < -0.39 is 0 Å². The molecule has 6 rings (SSSR count). The van der Waals surface area contributed by atoms with Gasteiger partial charge >= 0.3 is 0 Å². The van der Waals surface area contributed by atoms with Crippen molar-refractivity contribution in [2.75, 3.05) is 6.61 Å². The summed E-state index contributed by atoms with van der Waals surface area (Å²) in [6.07, 6.45) is 9.82. The Hall–Kier alpha value is -0.0400. The van der Waals surface area contributed by atoms with Crippen molar-refractivity contribution in [3.63, 3.8) is 0 Å². The Bertz CT molecular complexity index is 283. The van der Waals surface area contributed by atoms with Crippen LogP contribution in [0.1, 0.15) is 52.4 Å². The molecule has 0 aromatic carbocycles. The summed E-state index contributed by atoms with van der Waals surface area (Å²) >= 11 is 0. The van der Waals surface area contributed by atoms with Crippen LogP contribution < -0.4 is 0 Å². The van der Waals surface area contributed by atoms with Crippen molar-refractivity contribution >= 4 is 0 Å². The van der Waals surface area contributed by atoms with Crippen LogP contribution in [-0.2, 0) is 4.74 Å². The molecule has 6 fully saturated rings. The SMILES string of the molecule is CCOC(C)C12CC(C34CC(C3)C4)(C1)C2. The molecule has 0 aromatic heterocycles. The third-order valence-corrected chi connectivity index (χ3v) is 6.51. The maximum atomic E-state index is 5.81. The van der Waals surface area contributed by atoms with Gasteiger partial charge in [-0.3, -0.25) is 0 Å². The maximum Gasteiger partial charge on any atom is 0.0603 e. The molecule has 1 heteroatoms. The molecule has 0 aromatic rings. The lowest BCUT2D eigenvalue weighted by atomic mass is 9.19. The lowest BCUT2D eigenvalue weighted by Crippen LogP contribution is -2.78. The minimum atomic E-state index is 0.525. The topological polar surface area (TPSA) is 9.23 Å². The molecule has 0 heterocycles. The van der Waals surface area contributed by atoms with Crippen molar-refractivity contribution in [2.24, 2.45) is 22.2 Å². The molecule has 6 aliphatic carbocycles. The highest BCUT2D eigenvalue weighted by Crippen LogP contribution is 2.89. The third-order valence-electron chi connectivity index (χ3n) is 6.51. The summed E-state index contributed by atoms with van der Waals surface area (Å²) in [6.45, 7) is 5.32. The van der Waals surface area contributed by atoms with Gasteiger partial charge in [0.1, 0.15) is 0 Å². The fourth-order valence-corrected chi connectivity index (χ4v) is 5.41. The van der Waals surface area contributed by atoms with Gasteiger partial charge in [-0.05, 0) is 74.5 Å². The summed E-state index contributed by atoms with van der Waals surface area (Å²) < 4.78 is 5.81. The Morgan fingerprint density at radius 3 is 2.13 bits per heavy atom. The molecule has 4 bridgehead atoms. The van der Waals surface area contributed by atoms with Gasteiger partial charge in [-0.1, -0.05) is 0 Å². The van der Waals surface area contributed by atoms with Crippen molar-refractivity contribution < 1.29 is 4.74 Å². The van der Waals surface area contributed by atoms with Crippen LogP contribution in [0.5, 0.6) is 0 Å². The van der Waals surface area contributed by atoms with Gasteiger partial charge in [0.05, 0.1) is 6.10 Å². The lowest BCUT2D eigenvalue weighted by molar-refractivity contribution is -0.371. The van der Waals surface area contributed by atoms with Crippen LogP contribution in [-0.4, -0.2) is 12.7 Å². The van der Waals surface area contributed by atoms with E-state index in [0.717, 1.165) is 23.4 Å². The number of hydrogen-bond acceptors (Lipinski definition) is 1. The van der Waals surface area contributed by atoms with E-state index in [-0.39, 0.29) is 0 Å². The number of ether oxygens (including phenoxy) is 1. The maximum absolute atomic E-state index is 5.81. The molecule has 1 nitrogen and oxygen atoms in total. The molecular formula is C14H22O. The highest BCUT2D eigenvalue weighted by atomic mass is 16.5. The van der Waals surface area contributed by atoms with Crippen LogP contribution in [0.3, 0.4) is 0 Å². The minimum Gasteiger partial charge on any atom is -0.378 e. The normalized spacial score (nSPS) is 60.8. The summed E-state index contributed by atoms with van der Waals surface area (Å²) in [7, 11) is 0. The zero-order chi connectivity index (χ0) is 10.3. The monoisotopic (exact) mass is 206 g/mol. The molecule has 0 N–H and O–H groups in total. The summed E-state index contributed by atoms with van der Waals surface area (Å²) in [4.78, 5) is 0. The quantitative estimate of drug-likeness (QED) is 0.685. The first-order valence-electron chi connectivity index (χ1n) is 6.75. The molecule has 0 saturated heterocycles. The van der Waals surface area contributed by atoms with Crippen LogP contribution in [0.2, 0.25) is 0 Å². The van der Waals surface area contributed by atoms with E-state index in [0.29, 0.717) is 11.5 Å². The standard InChI is InChI=1S/C14H22O/c1-3-15-10(2)12-7-14(8-12,9-12)13-4-11(5-13)6-13/h10-11H,3-9H2,1-2H3. The van der Waals surface area contributed by atoms with Crippen LogP contribution in [0, 0.1) is 22.2 Å². The molecule has 15 heavy (non-hydrogen) atoms. The van der Waals surface area contributed by atoms with Crippen molar-refractivity contribution in [2.45, 2.75) is 58.5 Å². The molecule has 0 radical (unpaired) electrons. The average Bonchev–Trinajstić information content (AvgIpc) is 1.86. The van der Waals surface area contributed by atoms with Gasteiger partial charge in [-0.25, -0.2) is 0 Å². The van der Waals surface area contributed by atoms with Crippen molar-refractivity contribution in [3.8, 4) is 0 Å². The Morgan fingerprint density at radius 2 is 1.73 bits per heavy atom. The predicted octanol–water partition coefficient (Wildman–Crippen LogP) is 3.38. The summed E-state index contributed by atoms with van der Waals surface area (Å²) in [6, 6.07) is 0.